The molecule has 4 nitrogen and oxygen atoms in total. The molecule has 18 heavy (non-hydrogen) atoms. The lowest BCUT2D eigenvalue weighted by atomic mass is 10.3. The molecule has 0 spiro atoms. The molecule has 0 unspecified atom stereocenters. The molecule has 0 fully saturated rings. The average Bonchev–Trinajstić information content (AvgIpc) is 2.34. The van der Waals surface area contributed by atoms with Gasteiger partial charge in [0.2, 0.25) is 0 Å². The Labute approximate surface area is 125 Å². The van der Waals surface area contributed by atoms with Crippen LogP contribution in [0, 0.1) is 0 Å². The van der Waals surface area contributed by atoms with Crippen LogP contribution in [0.1, 0.15) is 0 Å². The van der Waals surface area contributed by atoms with Gasteiger partial charge in [0.1, 0.15) is 0 Å². The zero-order chi connectivity index (χ0) is 13.4. The summed E-state index contributed by atoms with van der Waals surface area (Å²) in [5, 5.41) is 6.80. The van der Waals surface area contributed by atoms with Crippen LogP contribution in [0.25, 0.3) is 0 Å². The zero-order valence-corrected chi connectivity index (χ0v) is 12.7. The van der Waals surface area contributed by atoms with Crippen molar-refractivity contribution in [3.05, 3.63) is 41.4 Å². The van der Waals surface area contributed by atoms with Crippen LogP contribution in [0.5, 0.6) is 0 Å². The topological polar surface area (TPSA) is 48.1 Å². The summed E-state index contributed by atoms with van der Waals surface area (Å²) in [4.78, 5) is 0. The molecule has 0 saturated carbocycles. The molecule has 7 heteroatoms. The number of halogens is 1. The number of thiocarbonyl (C=S) groups is 2. The maximum absolute atomic E-state index is 5.10. The van der Waals surface area contributed by atoms with E-state index in [9.17, 15) is 0 Å². The van der Waals surface area contributed by atoms with Crippen molar-refractivity contribution in [2.24, 2.45) is 0 Å². The van der Waals surface area contributed by atoms with Gasteiger partial charge in [-0.25, -0.2) is 0 Å². The van der Waals surface area contributed by atoms with Crippen LogP contribution in [0.2, 0.25) is 0 Å². The predicted molar refractivity (Wildman–Crippen MR) is 87.4 cm³/mol. The standard InChI is InChI=1S/C11H13BrN4S2/c1-2-6-13-10(17)15-16-11(18)14-9-5-3-4-8(12)7-9/h2-5,7H,1,6H2,(H2,13,15,17)(H2,14,16,18). The van der Waals surface area contributed by atoms with Crippen molar-refractivity contribution < 1.29 is 0 Å². The smallest absolute Gasteiger partial charge is 0.189 e. The molecule has 0 bridgehead atoms. The van der Waals surface area contributed by atoms with E-state index >= 15 is 0 Å². The van der Waals surface area contributed by atoms with Gasteiger partial charge in [-0.2, -0.15) is 0 Å². The molecule has 1 rings (SSSR count). The molecule has 0 aliphatic rings. The minimum Gasteiger partial charge on any atom is -0.358 e. The van der Waals surface area contributed by atoms with Crippen LogP contribution < -0.4 is 21.5 Å². The first-order valence-corrected chi connectivity index (χ1v) is 6.70. The molecule has 0 heterocycles. The largest absolute Gasteiger partial charge is 0.358 e. The molecule has 0 atom stereocenters. The SMILES string of the molecule is C=CCNC(=S)NNC(=S)Nc1cccc(Br)c1. The van der Waals surface area contributed by atoms with Gasteiger partial charge in [-0.3, -0.25) is 10.9 Å². The van der Waals surface area contributed by atoms with Gasteiger partial charge in [-0.1, -0.05) is 28.1 Å². The van der Waals surface area contributed by atoms with Crippen LogP contribution in [0.15, 0.2) is 41.4 Å². The zero-order valence-electron chi connectivity index (χ0n) is 9.50. The number of rotatable bonds is 3. The first-order valence-electron chi connectivity index (χ1n) is 5.09. The van der Waals surface area contributed by atoms with Gasteiger partial charge in [0.05, 0.1) is 0 Å². The molecule has 96 valence electrons. The molecule has 0 saturated heterocycles. The van der Waals surface area contributed by atoms with Crippen molar-refractivity contribution in [3.63, 3.8) is 0 Å². The Balaban J connectivity index is 2.33. The maximum atomic E-state index is 5.10. The summed E-state index contributed by atoms with van der Waals surface area (Å²) in [6.07, 6.45) is 1.71. The Kier molecular flexibility index (Phi) is 6.63. The van der Waals surface area contributed by atoms with Crippen LogP contribution >= 0.6 is 40.4 Å². The average molecular weight is 345 g/mol. The van der Waals surface area contributed by atoms with Crippen molar-refractivity contribution in [1.29, 1.82) is 0 Å². The highest BCUT2D eigenvalue weighted by molar-refractivity contribution is 9.10. The first kappa shape index (κ1) is 14.9. The molecule has 0 aliphatic carbocycles. The van der Waals surface area contributed by atoms with Crippen molar-refractivity contribution in [2.75, 3.05) is 11.9 Å². The first-order chi connectivity index (χ1) is 8.61. The summed E-state index contributed by atoms with van der Waals surface area (Å²) in [6, 6.07) is 7.68. The normalized spacial score (nSPS) is 9.17. The lowest BCUT2D eigenvalue weighted by molar-refractivity contribution is 0.839. The van der Waals surface area contributed by atoms with E-state index in [1.807, 2.05) is 24.3 Å². The highest BCUT2D eigenvalue weighted by Crippen LogP contribution is 2.15. The second kappa shape index (κ2) is 8.02. The number of hydrazine groups is 1. The molecular weight excluding hydrogens is 332 g/mol. The van der Waals surface area contributed by atoms with Crippen LogP contribution in [0.3, 0.4) is 0 Å². The third-order valence-corrected chi connectivity index (χ3v) is 2.72. The van der Waals surface area contributed by atoms with E-state index in [1.165, 1.54) is 0 Å². The maximum Gasteiger partial charge on any atom is 0.189 e. The lowest BCUT2D eigenvalue weighted by Crippen LogP contribution is -2.48. The fraction of sp³-hybridized carbons (Fsp3) is 0.0909. The number of benzene rings is 1. The molecule has 4 N–H and O–H groups in total. The third kappa shape index (κ3) is 5.95. The number of hydrogen-bond acceptors (Lipinski definition) is 2. The Morgan fingerprint density at radius 1 is 1.28 bits per heavy atom. The van der Waals surface area contributed by atoms with E-state index in [1.54, 1.807) is 6.08 Å². The van der Waals surface area contributed by atoms with Gasteiger partial charge in [0, 0.05) is 16.7 Å². The summed E-state index contributed by atoms with van der Waals surface area (Å²) in [5.41, 5.74) is 6.42. The second-order valence-corrected chi connectivity index (χ2v) is 4.95. The van der Waals surface area contributed by atoms with Crippen LogP contribution in [-0.2, 0) is 0 Å². The van der Waals surface area contributed by atoms with Gasteiger partial charge in [0.15, 0.2) is 10.2 Å². The lowest BCUT2D eigenvalue weighted by Gasteiger charge is -2.13. The molecule has 1 aromatic rings. The number of anilines is 1. The summed E-state index contributed by atoms with van der Waals surface area (Å²) < 4.78 is 0.978. The number of nitrogens with one attached hydrogen (secondary N) is 4. The Morgan fingerprint density at radius 3 is 2.67 bits per heavy atom. The minimum atomic E-state index is 0.427. The highest BCUT2D eigenvalue weighted by Gasteiger charge is 1.98. The van der Waals surface area contributed by atoms with Crippen LogP contribution in [0.4, 0.5) is 5.69 Å². The highest BCUT2D eigenvalue weighted by atomic mass is 79.9. The van der Waals surface area contributed by atoms with E-state index in [-0.39, 0.29) is 0 Å². The third-order valence-electron chi connectivity index (χ3n) is 1.78. The van der Waals surface area contributed by atoms with Crippen LogP contribution in [-0.4, -0.2) is 16.8 Å². The monoisotopic (exact) mass is 344 g/mol. The summed E-state index contributed by atoms with van der Waals surface area (Å²) in [7, 11) is 0. The molecule has 0 aliphatic heterocycles. The van der Waals surface area contributed by atoms with E-state index in [4.69, 9.17) is 24.4 Å². The second-order valence-electron chi connectivity index (χ2n) is 3.21. The number of hydrogen-bond donors (Lipinski definition) is 4. The van der Waals surface area contributed by atoms with E-state index < -0.39 is 0 Å². The molecule has 0 radical (unpaired) electrons. The van der Waals surface area contributed by atoms with Crippen molar-refractivity contribution in [3.8, 4) is 0 Å². The Bertz CT molecular complexity index is 450. The molecule has 0 amide bonds. The molecule has 0 aromatic heterocycles. The van der Waals surface area contributed by atoms with Gasteiger partial charge >= 0.3 is 0 Å². The molecule has 1 aromatic carbocycles. The van der Waals surface area contributed by atoms with E-state index in [0.717, 1.165) is 10.2 Å². The Hall–Kier alpha value is -1.18. The van der Waals surface area contributed by atoms with E-state index in [2.05, 4.69) is 44.0 Å². The summed E-state index contributed by atoms with van der Waals surface area (Å²) >= 11 is 13.5. The fourth-order valence-corrected chi connectivity index (χ4v) is 1.75. The van der Waals surface area contributed by atoms with Gasteiger partial charge < -0.3 is 10.6 Å². The van der Waals surface area contributed by atoms with Gasteiger partial charge in [-0.05, 0) is 42.6 Å². The fourth-order valence-electron chi connectivity index (χ4n) is 1.05. The molecular formula is C11H13BrN4S2. The predicted octanol–water partition coefficient (Wildman–Crippen LogP) is 2.30. The summed E-state index contributed by atoms with van der Waals surface area (Å²) in [6.45, 7) is 4.18. The quantitative estimate of drug-likeness (QED) is 0.383. The summed E-state index contributed by atoms with van der Waals surface area (Å²) in [5.74, 6) is 0. The Morgan fingerprint density at radius 2 is 2.00 bits per heavy atom. The van der Waals surface area contributed by atoms with Gasteiger partial charge in [-0.15, -0.1) is 6.58 Å². The van der Waals surface area contributed by atoms with Gasteiger partial charge in [0.25, 0.3) is 0 Å². The van der Waals surface area contributed by atoms with Crippen molar-refractivity contribution >= 4 is 56.3 Å². The van der Waals surface area contributed by atoms with E-state index in [0.29, 0.717) is 16.8 Å². The van der Waals surface area contributed by atoms with Crippen molar-refractivity contribution in [2.45, 2.75) is 0 Å². The van der Waals surface area contributed by atoms with Crippen molar-refractivity contribution in [1.82, 2.24) is 16.2 Å². The minimum absolute atomic E-state index is 0.427.